The van der Waals surface area contributed by atoms with E-state index in [2.05, 4.69) is 19.8 Å². The van der Waals surface area contributed by atoms with Crippen molar-refractivity contribution in [3.63, 3.8) is 0 Å². The lowest BCUT2D eigenvalue weighted by atomic mass is 9.92. The second kappa shape index (κ2) is 7.73. The molecule has 126 valence electrons. The topological polar surface area (TPSA) is 58.6 Å². The first-order valence-corrected chi connectivity index (χ1v) is 8.56. The Bertz CT molecular complexity index is 501. The lowest BCUT2D eigenvalue weighted by Gasteiger charge is -2.37. The Hall–Kier alpha value is -1.69. The van der Waals surface area contributed by atoms with Crippen molar-refractivity contribution in [3.8, 4) is 0 Å². The quantitative estimate of drug-likeness (QED) is 0.843. The van der Waals surface area contributed by atoms with Crippen LogP contribution in [-0.4, -0.2) is 60.7 Å². The van der Waals surface area contributed by atoms with E-state index < -0.39 is 0 Å². The molecule has 2 aliphatic rings. The Morgan fingerprint density at radius 1 is 1.26 bits per heavy atom. The molecule has 1 unspecified atom stereocenters. The number of hydrogen-bond acceptors (Lipinski definition) is 5. The van der Waals surface area contributed by atoms with Crippen molar-refractivity contribution in [1.82, 2.24) is 14.9 Å². The van der Waals surface area contributed by atoms with E-state index in [0.717, 1.165) is 57.9 Å². The highest BCUT2D eigenvalue weighted by Gasteiger charge is 2.31. The van der Waals surface area contributed by atoms with Crippen LogP contribution in [0.15, 0.2) is 18.6 Å². The van der Waals surface area contributed by atoms with Gasteiger partial charge in [-0.3, -0.25) is 9.78 Å². The highest BCUT2D eigenvalue weighted by Crippen LogP contribution is 2.25. The predicted molar refractivity (Wildman–Crippen MR) is 88.1 cm³/mol. The van der Waals surface area contributed by atoms with Crippen molar-refractivity contribution in [1.29, 1.82) is 0 Å². The van der Waals surface area contributed by atoms with E-state index in [9.17, 15) is 4.79 Å². The molecule has 0 radical (unpaired) electrons. The summed E-state index contributed by atoms with van der Waals surface area (Å²) >= 11 is 0. The van der Waals surface area contributed by atoms with Crippen LogP contribution in [0.5, 0.6) is 0 Å². The van der Waals surface area contributed by atoms with Crippen molar-refractivity contribution in [2.75, 3.05) is 44.8 Å². The van der Waals surface area contributed by atoms with Gasteiger partial charge in [0, 0.05) is 51.6 Å². The summed E-state index contributed by atoms with van der Waals surface area (Å²) in [6, 6.07) is 0. The number of carbonyl (C=O) groups is 1. The van der Waals surface area contributed by atoms with Crippen molar-refractivity contribution < 1.29 is 9.53 Å². The van der Waals surface area contributed by atoms with Gasteiger partial charge in [-0.2, -0.15) is 0 Å². The third-order valence-corrected chi connectivity index (χ3v) is 4.95. The first-order valence-electron chi connectivity index (χ1n) is 8.56. The molecule has 2 fully saturated rings. The summed E-state index contributed by atoms with van der Waals surface area (Å²) in [5.41, 5.74) is 0. The maximum absolute atomic E-state index is 12.8. The smallest absolute Gasteiger partial charge is 0.225 e. The van der Waals surface area contributed by atoms with Crippen LogP contribution in [0.3, 0.4) is 0 Å². The molecule has 0 bridgehead atoms. The molecular formula is C17H26N4O2. The van der Waals surface area contributed by atoms with Gasteiger partial charge in [0.15, 0.2) is 0 Å². The predicted octanol–water partition coefficient (Wildman–Crippen LogP) is 1.58. The van der Waals surface area contributed by atoms with Crippen molar-refractivity contribution in [2.24, 2.45) is 11.8 Å². The zero-order chi connectivity index (χ0) is 16.1. The van der Waals surface area contributed by atoms with E-state index in [0.29, 0.717) is 11.8 Å². The molecule has 6 heteroatoms. The number of nitrogens with zero attached hydrogens (tertiary/aromatic N) is 4. The monoisotopic (exact) mass is 318 g/mol. The van der Waals surface area contributed by atoms with Gasteiger partial charge in [-0.25, -0.2) is 4.98 Å². The van der Waals surface area contributed by atoms with Crippen LogP contribution in [0.25, 0.3) is 0 Å². The minimum atomic E-state index is 0.157. The van der Waals surface area contributed by atoms with Gasteiger partial charge in [-0.05, 0) is 31.6 Å². The summed E-state index contributed by atoms with van der Waals surface area (Å²) in [6.07, 6.45) is 9.27. The molecule has 3 rings (SSSR count). The van der Waals surface area contributed by atoms with Crippen molar-refractivity contribution >= 4 is 11.7 Å². The van der Waals surface area contributed by atoms with Crippen LogP contribution in [0, 0.1) is 11.8 Å². The van der Waals surface area contributed by atoms with Gasteiger partial charge in [0.05, 0.1) is 12.8 Å². The number of aromatic nitrogens is 2. The minimum Gasteiger partial charge on any atom is -0.384 e. The molecule has 1 aromatic rings. The lowest BCUT2D eigenvalue weighted by Crippen LogP contribution is -2.47. The lowest BCUT2D eigenvalue weighted by molar-refractivity contribution is -0.138. The molecule has 2 saturated heterocycles. The Morgan fingerprint density at radius 3 is 2.78 bits per heavy atom. The number of hydrogen-bond donors (Lipinski definition) is 0. The van der Waals surface area contributed by atoms with Crippen molar-refractivity contribution in [3.05, 3.63) is 18.6 Å². The average Bonchev–Trinajstić information content (AvgIpc) is 2.62. The van der Waals surface area contributed by atoms with E-state index in [1.54, 1.807) is 25.7 Å². The zero-order valence-corrected chi connectivity index (χ0v) is 13.9. The van der Waals surface area contributed by atoms with E-state index in [1.165, 1.54) is 6.42 Å². The maximum atomic E-state index is 12.8. The van der Waals surface area contributed by atoms with E-state index in [4.69, 9.17) is 4.74 Å². The molecule has 0 aliphatic carbocycles. The first kappa shape index (κ1) is 16.2. The number of amides is 1. The molecule has 6 nitrogen and oxygen atoms in total. The standard InChI is InChI=1S/C17H26N4O2/c1-23-13-14-3-2-8-21(12-14)17(22)15-4-9-20(10-5-15)16-11-18-6-7-19-16/h6-7,11,14-15H,2-5,8-10,12-13H2,1H3. The number of rotatable bonds is 4. The molecule has 2 aliphatic heterocycles. The summed E-state index contributed by atoms with van der Waals surface area (Å²) in [7, 11) is 1.74. The second-order valence-corrected chi connectivity index (χ2v) is 6.57. The molecule has 1 amide bonds. The highest BCUT2D eigenvalue weighted by molar-refractivity contribution is 5.79. The summed E-state index contributed by atoms with van der Waals surface area (Å²) in [5, 5.41) is 0. The number of ether oxygens (including phenoxy) is 1. The fourth-order valence-corrected chi connectivity index (χ4v) is 3.71. The summed E-state index contributed by atoms with van der Waals surface area (Å²) in [6.45, 7) is 4.28. The minimum absolute atomic E-state index is 0.157. The molecular weight excluding hydrogens is 292 g/mol. The maximum Gasteiger partial charge on any atom is 0.225 e. The van der Waals surface area contributed by atoms with E-state index in [1.807, 2.05) is 0 Å². The molecule has 1 aromatic heterocycles. The van der Waals surface area contributed by atoms with E-state index >= 15 is 0 Å². The third kappa shape index (κ3) is 3.99. The number of methoxy groups -OCH3 is 1. The fraction of sp³-hybridized carbons (Fsp3) is 0.706. The van der Waals surface area contributed by atoms with Gasteiger partial charge in [0.2, 0.25) is 5.91 Å². The van der Waals surface area contributed by atoms with Gasteiger partial charge in [-0.15, -0.1) is 0 Å². The molecule has 23 heavy (non-hydrogen) atoms. The van der Waals surface area contributed by atoms with Crippen LogP contribution in [0.1, 0.15) is 25.7 Å². The summed E-state index contributed by atoms with van der Waals surface area (Å²) in [4.78, 5) is 25.5. The van der Waals surface area contributed by atoms with E-state index in [-0.39, 0.29) is 5.92 Å². The van der Waals surface area contributed by atoms with Gasteiger partial charge < -0.3 is 14.5 Å². The van der Waals surface area contributed by atoms with Crippen LogP contribution in [-0.2, 0) is 9.53 Å². The molecule has 1 atom stereocenters. The number of likely N-dealkylation sites (tertiary alicyclic amines) is 1. The van der Waals surface area contributed by atoms with Gasteiger partial charge >= 0.3 is 0 Å². The van der Waals surface area contributed by atoms with Crippen LogP contribution in [0.2, 0.25) is 0 Å². The van der Waals surface area contributed by atoms with Crippen molar-refractivity contribution in [2.45, 2.75) is 25.7 Å². The first-order chi connectivity index (χ1) is 11.3. The van der Waals surface area contributed by atoms with Gasteiger partial charge in [-0.1, -0.05) is 0 Å². The zero-order valence-electron chi connectivity index (χ0n) is 13.9. The summed E-state index contributed by atoms with van der Waals surface area (Å²) < 4.78 is 5.26. The largest absolute Gasteiger partial charge is 0.384 e. The summed E-state index contributed by atoms with van der Waals surface area (Å²) in [5.74, 6) is 1.91. The number of piperidine rings is 2. The third-order valence-electron chi connectivity index (χ3n) is 4.95. The van der Waals surface area contributed by atoms with Crippen LogP contribution < -0.4 is 4.90 Å². The average molecular weight is 318 g/mol. The molecule has 0 aromatic carbocycles. The fourth-order valence-electron chi connectivity index (χ4n) is 3.71. The Morgan fingerprint density at radius 2 is 2.09 bits per heavy atom. The van der Waals surface area contributed by atoms with Crippen LogP contribution >= 0.6 is 0 Å². The molecule has 0 saturated carbocycles. The second-order valence-electron chi connectivity index (χ2n) is 6.57. The highest BCUT2D eigenvalue weighted by atomic mass is 16.5. The molecule has 3 heterocycles. The Balaban J connectivity index is 1.52. The number of carbonyl (C=O) groups excluding carboxylic acids is 1. The Labute approximate surface area is 137 Å². The molecule has 0 spiro atoms. The number of anilines is 1. The Kier molecular flexibility index (Phi) is 5.43. The van der Waals surface area contributed by atoms with Crippen LogP contribution in [0.4, 0.5) is 5.82 Å². The van der Waals surface area contributed by atoms with Gasteiger partial charge in [0.25, 0.3) is 0 Å². The SMILES string of the molecule is COCC1CCCN(C(=O)C2CCN(c3cnccn3)CC2)C1. The molecule has 0 N–H and O–H groups in total. The normalized spacial score (nSPS) is 23.1. The van der Waals surface area contributed by atoms with Gasteiger partial charge in [0.1, 0.15) is 5.82 Å².